The second kappa shape index (κ2) is 3.99. The number of aromatic nitrogens is 2. The molecule has 6 heteroatoms. The number of hydrogen-bond acceptors (Lipinski definition) is 5. The summed E-state index contributed by atoms with van der Waals surface area (Å²) in [5, 5.41) is 4.70. The second-order valence-corrected chi connectivity index (χ2v) is 2.48. The molecule has 1 heterocycles. The lowest BCUT2D eigenvalue weighted by Gasteiger charge is -2.11. The van der Waals surface area contributed by atoms with E-state index in [4.69, 9.17) is 4.52 Å². The highest BCUT2D eigenvalue weighted by atomic mass is 16.7. The molecule has 0 radical (unpaired) electrons. The second-order valence-electron chi connectivity index (χ2n) is 2.48. The first-order valence-corrected chi connectivity index (χ1v) is 3.73. The molecule has 13 heavy (non-hydrogen) atoms. The molecule has 0 saturated carbocycles. The largest absolute Gasteiger partial charge is 0.340 e. The fourth-order valence-electron chi connectivity index (χ4n) is 0.762. The first-order valence-electron chi connectivity index (χ1n) is 3.73. The molecule has 72 valence electrons. The summed E-state index contributed by atoms with van der Waals surface area (Å²) in [7, 11) is 2.94. The van der Waals surface area contributed by atoms with Gasteiger partial charge in [0, 0.05) is 14.0 Å². The first-order chi connectivity index (χ1) is 6.13. The van der Waals surface area contributed by atoms with Gasteiger partial charge >= 0.3 is 0 Å². The van der Waals surface area contributed by atoms with E-state index in [1.54, 1.807) is 6.92 Å². The van der Waals surface area contributed by atoms with Gasteiger partial charge in [0.15, 0.2) is 5.82 Å². The smallest absolute Gasteiger partial charge is 0.253 e. The maximum atomic E-state index is 11.2. The van der Waals surface area contributed by atoms with Crippen LogP contribution >= 0.6 is 0 Å². The van der Waals surface area contributed by atoms with Crippen molar-refractivity contribution in [3.8, 4) is 0 Å². The molecule has 0 spiro atoms. The van der Waals surface area contributed by atoms with Crippen LogP contribution in [0.3, 0.4) is 0 Å². The zero-order chi connectivity index (χ0) is 9.84. The molecule has 0 bridgehead atoms. The van der Waals surface area contributed by atoms with E-state index >= 15 is 0 Å². The number of carbonyl (C=O) groups excluding carboxylic acids is 1. The molecule has 0 saturated heterocycles. The summed E-state index contributed by atoms with van der Waals surface area (Å²) in [6.45, 7) is 1.67. The molecule has 0 unspecified atom stereocenters. The molecule has 0 aromatic carbocycles. The van der Waals surface area contributed by atoms with E-state index in [9.17, 15) is 4.79 Å². The fourth-order valence-corrected chi connectivity index (χ4v) is 0.762. The van der Waals surface area contributed by atoms with Gasteiger partial charge in [-0.3, -0.25) is 9.63 Å². The van der Waals surface area contributed by atoms with E-state index in [1.807, 2.05) is 0 Å². The Morgan fingerprint density at radius 3 is 2.85 bits per heavy atom. The molecular formula is C7H11N3O3. The molecule has 1 aromatic heterocycles. The third-order valence-electron chi connectivity index (χ3n) is 1.50. The Balaban J connectivity index is 2.54. The van der Waals surface area contributed by atoms with Crippen molar-refractivity contribution in [2.45, 2.75) is 13.3 Å². The molecule has 1 amide bonds. The van der Waals surface area contributed by atoms with Crippen LogP contribution in [-0.2, 0) is 16.1 Å². The maximum Gasteiger partial charge on any atom is 0.253 e. The fraction of sp³-hybridized carbons (Fsp3) is 0.571. The van der Waals surface area contributed by atoms with Crippen LogP contribution in [-0.4, -0.2) is 35.3 Å². The van der Waals surface area contributed by atoms with Crippen LogP contribution in [0.4, 0.5) is 0 Å². The van der Waals surface area contributed by atoms with Crippen molar-refractivity contribution in [3.63, 3.8) is 0 Å². The lowest BCUT2D eigenvalue weighted by molar-refractivity contribution is -0.167. The van der Waals surface area contributed by atoms with Gasteiger partial charge in [-0.15, -0.1) is 0 Å². The van der Waals surface area contributed by atoms with Crippen molar-refractivity contribution >= 4 is 5.91 Å². The highest BCUT2D eigenvalue weighted by molar-refractivity contribution is 5.76. The van der Waals surface area contributed by atoms with Gasteiger partial charge < -0.3 is 4.52 Å². The lowest BCUT2D eigenvalue weighted by Crippen LogP contribution is -2.27. The number of likely N-dealkylation sites (N-methyl/N-ethyl adjacent to an activating group) is 1. The van der Waals surface area contributed by atoms with Gasteiger partial charge in [-0.1, -0.05) is 5.16 Å². The third-order valence-corrected chi connectivity index (χ3v) is 1.50. The van der Waals surface area contributed by atoms with Gasteiger partial charge in [0.2, 0.25) is 5.89 Å². The summed E-state index contributed by atoms with van der Waals surface area (Å²) >= 11 is 0. The van der Waals surface area contributed by atoms with E-state index in [1.165, 1.54) is 14.2 Å². The van der Waals surface area contributed by atoms with Crippen LogP contribution in [0.25, 0.3) is 0 Å². The Morgan fingerprint density at radius 1 is 1.69 bits per heavy atom. The Bertz CT molecular complexity index is 297. The SMILES string of the molecule is CON(C)C(=O)Cc1noc(C)n1. The normalized spacial score (nSPS) is 10.1. The first kappa shape index (κ1) is 9.66. The summed E-state index contributed by atoms with van der Waals surface area (Å²) in [5.74, 6) is 0.595. The van der Waals surface area contributed by atoms with Gasteiger partial charge in [0.25, 0.3) is 5.91 Å². The van der Waals surface area contributed by atoms with Gasteiger partial charge in [-0.05, 0) is 0 Å². The van der Waals surface area contributed by atoms with Crippen LogP contribution in [0.2, 0.25) is 0 Å². The predicted octanol–water partition coefficient (Wildman–Crippen LogP) is -0.0597. The van der Waals surface area contributed by atoms with E-state index in [2.05, 4.69) is 15.0 Å². The Hall–Kier alpha value is -1.43. The molecule has 0 fully saturated rings. The van der Waals surface area contributed by atoms with Crippen molar-refractivity contribution < 1.29 is 14.2 Å². The highest BCUT2D eigenvalue weighted by Crippen LogP contribution is 1.98. The monoisotopic (exact) mass is 185 g/mol. The zero-order valence-corrected chi connectivity index (χ0v) is 7.77. The molecule has 1 rings (SSSR count). The minimum absolute atomic E-state index is 0.0850. The standard InChI is InChI=1S/C7H11N3O3/c1-5-8-6(9-13-5)4-7(11)10(2)12-3/h4H2,1-3H3. The van der Waals surface area contributed by atoms with Crippen LogP contribution in [0, 0.1) is 6.92 Å². The summed E-state index contributed by atoms with van der Waals surface area (Å²) in [6.07, 6.45) is 0.0850. The van der Waals surface area contributed by atoms with E-state index in [-0.39, 0.29) is 12.3 Å². The van der Waals surface area contributed by atoms with Crippen LogP contribution < -0.4 is 0 Å². The van der Waals surface area contributed by atoms with Crippen molar-refractivity contribution in [1.82, 2.24) is 15.2 Å². The number of amides is 1. The van der Waals surface area contributed by atoms with Crippen LogP contribution in [0.1, 0.15) is 11.7 Å². The highest BCUT2D eigenvalue weighted by Gasteiger charge is 2.12. The minimum atomic E-state index is -0.219. The number of rotatable bonds is 3. The molecule has 0 N–H and O–H groups in total. The number of hydrogen-bond donors (Lipinski definition) is 0. The third kappa shape index (κ3) is 2.51. The zero-order valence-electron chi connectivity index (χ0n) is 7.77. The quantitative estimate of drug-likeness (QED) is 0.617. The average Bonchev–Trinajstić information content (AvgIpc) is 2.49. The van der Waals surface area contributed by atoms with Crippen molar-refractivity contribution in [1.29, 1.82) is 0 Å². The lowest BCUT2D eigenvalue weighted by atomic mass is 10.4. The average molecular weight is 185 g/mol. The molecule has 0 aliphatic rings. The molecule has 1 aromatic rings. The predicted molar refractivity (Wildman–Crippen MR) is 42.5 cm³/mol. The van der Waals surface area contributed by atoms with Crippen molar-refractivity contribution in [2.75, 3.05) is 14.2 Å². The van der Waals surface area contributed by atoms with Crippen molar-refractivity contribution in [2.24, 2.45) is 0 Å². The summed E-state index contributed by atoms with van der Waals surface area (Å²) in [6, 6.07) is 0. The van der Waals surface area contributed by atoms with Crippen LogP contribution in [0.15, 0.2) is 4.52 Å². The molecule has 6 nitrogen and oxygen atoms in total. The summed E-state index contributed by atoms with van der Waals surface area (Å²) in [5.41, 5.74) is 0. The van der Waals surface area contributed by atoms with Gasteiger partial charge in [0.05, 0.1) is 13.5 Å². The Kier molecular flexibility index (Phi) is 2.97. The molecule has 0 aliphatic heterocycles. The van der Waals surface area contributed by atoms with E-state index < -0.39 is 0 Å². The minimum Gasteiger partial charge on any atom is -0.340 e. The van der Waals surface area contributed by atoms with Gasteiger partial charge in [-0.25, -0.2) is 5.06 Å². The molecular weight excluding hydrogens is 174 g/mol. The number of hydroxylamine groups is 2. The maximum absolute atomic E-state index is 11.2. The molecule has 0 atom stereocenters. The van der Waals surface area contributed by atoms with E-state index in [0.29, 0.717) is 11.7 Å². The summed E-state index contributed by atoms with van der Waals surface area (Å²) in [4.78, 5) is 19.8. The topological polar surface area (TPSA) is 68.5 Å². The van der Waals surface area contributed by atoms with E-state index in [0.717, 1.165) is 5.06 Å². The molecule has 0 aliphatic carbocycles. The Morgan fingerprint density at radius 2 is 2.38 bits per heavy atom. The number of carbonyl (C=O) groups is 1. The van der Waals surface area contributed by atoms with Gasteiger partial charge in [-0.2, -0.15) is 4.98 Å². The van der Waals surface area contributed by atoms with Gasteiger partial charge in [0.1, 0.15) is 0 Å². The Labute approximate surface area is 75.4 Å². The number of aryl methyl sites for hydroxylation is 1. The summed E-state index contributed by atoms with van der Waals surface area (Å²) < 4.78 is 4.71. The van der Waals surface area contributed by atoms with Crippen LogP contribution in [0.5, 0.6) is 0 Å². The number of nitrogens with zero attached hydrogens (tertiary/aromatic N) is 3. The van der Waals surface area contributed by atoms with Crippen molar-refractivity contribution in [3.05, 3.63) is 11.7 Å².